The molecule has 2 fully saturated rings. The van der Waals surface area contributed by atoms with Crippen molar-refractivity contribution in [2.45, 2.75) is 43.2 Å². The lowest BCUT2D eigenvalue weighted by molar-refractivity contribution is 0.103. The number of anilines is 1. The van der Waals surface area contributed by atoms with Crippen LogP contribution in [-0.2, 0) is 10.0 Å². The van der Waals surface area contributed by atoms with E-state index >= 15 is 0 Å². The van der Waals surface area contributed by atoms with Gasteiger partial charge in [-0.2, -0.15) is 0 Å². The van der Waals surface area contributed by atoms with E-state index in [1.165, 1.54) is 0 Å². The van der Waals surface area contributed by atoms with Crippen LogP contribution in [0, 0.1) is 5.92 Å². The summed E-state index contributed by atoms with van der Waals surface area (Å²) in [4.78, 5) is 2.42. The van der Waals surface area contributed by atoms with Gasteiger partial charge in [-0.25, -0.2) is 13.1 Å². The van der Waals surface area contributed by atoms with Gasteiger partial charge in [-0.15, -0.1) is 0 Å². The zero-order valence-corrected chi connectivity index (χ0v) is 13.0. The van der Waals surface area contributed by atoms with E-state index in [0.717, 1.165) is 31.5 Å². The first-order valence-corrected chi connectivity index (χ1v) is 8.99. The van der Waals surface area contributed by atoms with E-state index in [4.69, 9.17) is 0 Å². The summed E-state index contributed by atoms with van der Waals surface area (Å²) in [7, 11) is -3.38. The Morgan fingerprint density at radius 1 is 1.19 bits per heavy atom. The predicted molar refractivity (Wildman–Crippen MR) is 81.8 cm³/mol. The van der Waals surface area contributed by atoms with Gasteiger partial charge in [-0.05, 0) is 49.4 Å². The van der Waals surface area contributed by atoms with Gasteiger partial charge >= 0.3 is 0 Å². The highest BCUT2D eigenvalue weighted by atomic mass is 32.2. The van der Waals surface area contributed by atoms with Crippen molar-refractivity contribution in [3.8, 4) is 0 Å². The molecule has 1 saturated heterocycles. The molecule has 0 radical (unpaired) electrons. The zero-order chi connectivity index (χ0) is 15.0. The maximum atomic E-state index is 12.1. The Hall–Kier alpha value is -1.11. The molecule has 1 aliphatic carbocycles. The normalized spacial score (nSPS) is 26.9. The number of β-amino-alcohol motifs (C(OH)–C–C–N with tert-alkyl or cyclic N) is 1. The lowest BCUT2D eigenvalue weighted by Gasteiger charge is -2.35. The number of rotatable bonds is 4. The second-order valence-electron chi connectivity index (χ2n) is 6.17. The van der Waals surface area contributed by atoms with Gasteiger partial charge in [-0.1, -0.05) is 6.92 Å². The summed E-state index contributed by atoms with van der Waals surface area (Å²) in [5, 5.41) is 9.95. The van der Waals surface area contributed by atoms with E-state index in [0.29, 0.717) is 17.4 Å². The van der Waals surface area contributed by atoms with Crippen molar-refractivity contribution in [2.75, 3.05) is 18.0 Å². The molecule has 1 aromatic carbocycles. The van der Waals surface area contributed by atoms with Crippen LogP contribution < -0.4 is 9.62 Å². The average Bonchev–Trinajstić information content (AvgIpc) is 3.25. The molecule has 1 aliphatic heterocycles. The van der Waals surface area contributed by atoms with Crippen molar-refractivity contribution >= 4 is 15.7 Å². The highest BCUT2D eigenvalue weighted by Crippen LogP contribution is 2.26. The van der Waals surface area contributed by atoms with Crippen LogP contribution >= 0.6 is 0 Å². The Labute approximate surface area is 126 Å². The third kappa shape index (κ3) is 3.39. The van der Waals surface area contributed by atoms with Gasteiger partial charge < -0.3 is 10.0 Å². The second-order valence-corrected chi connectivity index (χ2v) is 7.88. The number of benzene rings is 1. The van der Waals surface area contributed by atoms with Gasteiger partial charge in [0.15, 0.2) is 0 Å². The molecule has 2 atom stereocenters. The predicted octanol–water partition coefficient (Wildman–Crippen LogP) is 1.33. The fourth-order valence-corrected chi connectivity index (χ4v) is 3.91. The maximum Gasteiger partial charge on any atom is 0.240 e. The molecular formula is C15H22N2O3S. The minimum absolute atomic E-state index is 0.119. The molecule has 0 aromatic heterocycles. The summed E-state index contributed by atoms with van der Waals surface area (Å²) in [6, 6.07) is 7.05. The molecule has 2 N–H and O–H groups in total. The molecule has 0 amide bonds. The molecule has 1 heterocycles. The summed E-state index contributed by atoms with van der Waals surface area (Å²) in [5.74, 6) is 0.323. The number of hydrogen-bond donors (Lipinski definition) is 2. The number of piperidine rings is 1. The van der Waals surface area contributed by atoms with Crippen LogP contribution in [-0.4, -0.2) is 38.8 Å². The monoisotopic (exact) mass is 310 g/mol. The second kappa shape index (κ2) is 5.59. The quantitative estimate of drug-likeness (QED) is 0.880. The van der Waals surface area contributed by atoms with Crippen LogP contribution in [0.4, 0.5) is 5.69 Å². The molecule has 6 heteroatoms. The fraction of sp³-hybridized carbons (Fsp3) is 0.600. The van der Waals surface area contributed by atoms with E-state index in [9.17, 15) is 13.5 Å². The Bertz CT molecular complexity index is 596. The van der Waals surface area contributed by atoms with Crippen molar-refractivity contribution in [3.05, 3.63) is 24.3 Å². The minimum atomic E-state index is -3.38. The molecule has 0 bridgehead atoms. The molecule has 2 unspecified atom stereocenters. The smallest absolute Gasteiger partial charge is 0.240 e. The van der Waals surface area contributed by atoms with Gasteiger partial charge in [0, 0.05) is 24.8 Å². The summed E-state index contributed by atoms with van der Waals surface area (Å²) in [6.07, 6.45) is 2.49. The Morgan fingerprint density at radius 2 is 1.86 bits per heavy atom. The summed E-state index contributed by atoms with van der Waals surface area (Å²) in [6.45, 7) is 3.56. The van der Waals surface area contributed by atoms with Crippen molar-refractivity contribution in [2.24, 2.45) is 5.92 Å². The Balaban J connectivity index is 1.72. The highest BCUT2D eigenvalue weighted by Gasteiger charge is 2.28. The van der Waals surface area contributed by atoms with Crippen molar-refractivity contribution < 1.29 is 13.5 Å². The van der Waals surface area contributed by atoms with E-state index < -0.39 is 10.0 Å². The summed E-state index contributed by atoms with van der Waals surface area (Å²) < 4.78 is 26.9. The highest BCUT2D eigenvalue weighted by molar-refractivity contribution is 7.89. The van der Waals surface area contributed by atoms with E-state index in [1.54, 1.807) is 12.1 Å². The molecule has 1 aromatic rings. The van der Waals surface area contributed by atoms with Crippen molar-refractivity contribution in [1.82, 2.24) is 4.72 Å². The first-order valence-electron chi connectivity index (χ1n) is 7.51. The largest absolute Gasteiger partial charge is 0.391 e. The number of nitrogens with zero attached hydrogens (tertiary/aromatic N) is 1. The van der Waals surface area contributed by atoms with Gasteiger partial charge in [0.1, 0.15) is 0 Å². The average molecular weight is 310 g/mol. The van der Waals surface area contributed by atoms with Crippen LogP contribution in [0.1, 0.15) is 26.2 Å². The maximum absolute atomic E-state index is 12.1. The minimum Gasteiger partial charge on any atom is -0.391 e. The number of aliphatic hydroxyl groups is 1. The van der Waals surface area contributed by atoms with Gasteiger partial charge in [-0.3, -0.25) is 0 Å². The van der Waals surface area contributed by atoms with Crippen molar-refractivity contribution in [3.63, 3.8) is 0 Å². The summed E-state index contributed by atoms with van der Waals surface area (Å²) in [5.41, 5.74) is 0.964. The number of hydrogen-bond acceptors (Lipinski definition) is 4. The van der Waals surface area contributed by atoms with Crippen LogP contribution in [0.3, 0.4) is 0 Å². The first-order chi connectivity index (χ1) is 9.95. The van der Waals surface area contributed by atoms with E-state index in [-0.39, 0.29) is 12.1 Å². The summed E-state index contributed by atoms with van der Waals surface area (Å²) >= 11 is 0. The van der Waals surface area contributed by atoms with Crippen molar-refractivity contribution in [1.29, 1.82) is 0 Å². The van der Waals surface area contributed by atoms with Gasteiger partial charge in [0.05, 0.1) is 11.0 Å². The number of aliphatic hydroxyl groups excluding tert-OH is 1. The molecule has 0 spiro atoms. The molecule has 21 heavy (non-hydrogen) atoms. The van der Waals surface area contributed by atoms with Gasteiger partial charge in [0.25, 0.3) is 0 Å². The van der Waals surface area contributed by atoms with E-state index in [1.807, 2.05) is 12.1 Å². The standard InChI is InChI=1S/C15H22N2O3S/c1-11-8-9-17(10-15(11)18)13-4-6-14(7-5-13)21(19,20)16-12-2-3-12/h4-7,11-12,15-16,18H,2-3,8-10H2,1H3. The van der Waals surface area contributed by atoms with Crippen LogP contribution in [0.2, 0.25) is 0 Å². The molecule has 5 nitrogen and oxygen atoms in total. The number of sulfonamides is 1. The molecule has 3 rings (SSSR count). The lowest BCUT2D eigenvalue weighted by Crippen LogP contribution is -2.42. The zero-order valence-electron chi connectivity index (χ0n) is 12.2. The molecule has 2 aliphatic rings. The molecule has 116 valence electrons. The Kier molecular flexibility index (Phi) is 3.94. The fourth-order valence-electron chi connectivity index (χ4n) is 2.61. The third-order valence-electron chi connectivity index (χ3n) is 4.33. The number of nitrogens with one attached hydrogen (secondary N) is 1. The van der Waals surface area contributed by atoms with Crippen LogP contribution in [0.15, 0.2) is 29.2 Å². The molecule has 1 saturated carbocycles. The lowest BCUT2D eigenvalue weighted by atomic mass is 9.96. The topological polar surface area (TPSA) is 69.6 Å². The van der Waals surface area contributed by atoms with Gasteiger partial charge in [0.2, 0.25) is 10.0 Å². The van der Waals surface area contributed by atoms with E-state index in [2.05, 4.69) is 16.5 Å². The SMILES string of the molecule is CC1CCN(c2ccc(S(=O)(=O)NC3CC3)cc2)CC1O. The third-order valence-corrected chi connectivity index (χ3v) is 5.87. The first kappa shape index (κ1) is 14.8. The van der Waals surface area contributed by atoms with Crippen LogP contribution in [0.5, 0.6) is 0 Å². The van der Waals surface area contributed by atoms with Crippen LogP contribution in [0.25, 0.3) is 0 Å². The molecular weight excluding hydrogens is 288 g/mol. The Morgan fingerprint density at radius 3 is 2.43 bits per heavy atom.